The standard InChI is InChI=1S/C19H24N4O3/c1-13-19(15(3)24)14(2)23(21-13)12-18(25)22-9-6-16(7-10-22)26-17-5-4-8-20-11-17/h4-5,8,11,16H,6-7,9-10,12H2,1-3H3. The molecule has 0 aliphatic carbocycles. The topological polar surface area (TPSA) is 77.3 Å². The number of hydrogen-bond acceptors (Lipinski definition) is 5. The Morgan fingerprint density at radius 2 is 2.00 bits per heavy atom. The number of ether oxygens (including phenoxy) is 1. The third-order valence-electron chi connectivity index (χ3n) is 4.75. The molecule has 3 heterocycles. The highest BCUT2D eigenvalue weighted by Crippen LogP contribution is 2.19. The van der Waals surface area contributed by atoms with E-state index < -0.39 is 0 Å². The fourth-order valence-electron chi connectivity index (χ4n) is 3.42. The molecule has 1 aliphatic heterocycles. The lowest BCUT2D eigenvalue weighted by molar-refractivity contribution is -0.133. The second kappa shape index (κ2) is 7.68. The van der Waals surface area contributed by atoms with Crippen LogP contribution in [0.15, 0.2) is 24.5 Å². The molecule has 0 saturated carbocycles. The van der Waals surface area contributed by atoms with E-state index in [0.29, 0.717) is 24.3 Å². The number of ketones is 1. The molecule has 0 bridgehead atoms. The zero-order chi connectivity index (χ0) is 18.7. The molecule has 1 amide bonds. The Morgan fingerprint density at radius 1 is 1.27 bits per heavy atom. The molecule has 3 rings (SSSR count). The van der Waals surface area contributed by atoms with Crippen LogP contribution in [0.5, 0.6) is 5.75 Å². The average molecular weight is 356 g/mol. The van der Waals surface area contributed by atoms with Gasteiger partial charge < -0.3 is 9.64 Å². The van der Waals surface area contributed by atoms with Gasteiger partial charge >= 0.3 is 0 Å². The van der Waals surface area contributed by atoms with Crippen molar-refractivity contribution in [2.75, 3.05) is 13.1 Å². The zero-order valence-corrected chi connectivity index (χ0v) is 15.4. The van der Waals surface area contributed by atoms with Crippen LogP contribution >= 0.6 is 0 Å². The van der Waals surface area contributed by atoms with E-state index in [1.165, 1.54) is 6.92 Å². The molecular weight excluding hydrogens is 332 g/mol. The van der Waals surface area contributed by atoms with Gasteiger partial charge in [-0.05, 0) is 32.9 Å². The fourth-order valence-corrected chi connectivity index (χ4v) is 3.42. The first-order chi connectivity index (χ1) is 12.5. The van der Waals surface area contributed by atoms with Gasteiger partial charge in [0.05, 0.1) is 17.5 Å². The highest BCUT2D eigenvalue weighted by atomic mass is 16.5. The van der Waals surface area contributed by atoms with Crippen molar-refractivity contribution in [3.63, 3.8) is 0 Å². The second-order valence-corrected chi connectivity index (χ2v) is 6.65. The predicted octanol–water partition coefficient (Wildman–Crippen LogP) is 2.17. The van der Waals surface area contributed by atoms with E-state index in [-0.39, 0.29) is 24.3 Å². The number of amides is 1. The van der Waals surface area contributed by atoms with Crippen molar-refractivity contribution in [1.29, 1.82) is 0 Å². The van der Waals surface area contributed by atoms with E-state index in [0.717, 1.165) is 24.3 Å². The van der Waals surface area contributed by atoms with Crippen molar-refractivity contribution in [1.82, 2.24) is 19.7 Å². The Hall–Kier alpha value is -2.70. The minimum Gasteiger partial charge on any atom is -0.489 e. The molecule has 0 N–H and O–H groups in total. The van der Waals surface area contributed by atoms with Gasteiger partial charge in [-0.15, -0.1) is 0 Å². The van der Waals surface area contributed by atoms with Crippen LogP contribution in [0.25, 0.3) is 0 Å². The van der Waals surface area contributed by atoms with Crippen molar-refractivity contribution < 1.29 is 14.3 Å². The summed E-state index contributed by atoms with van der Waals surface area (Å²) in [5.74, 6) is 0.759. The third kappa shape index (κ3) is 3.92. The van der Waals surface area contributed by atoms with Gasteiger partial charge in [-0.25, -0.2) is 0 Å². The molecule has 0 radical (unpaired) electrons. The first-order valence-corrected chi connectivity index (χ1v) is 8.85. The Balaban J connectivity index is 1.56. The van der Waals surface area contributed by atoms with Crippen LogP contribution in [0.3, 0.4) is 0 Å². The molecule has 7 nitrogen and oxygen atoms in total. The van der Waals surface area contributed by atoms with Crippen LogP contribution in [-0.4, -0.2) is 50.5 Å². The Bertz CT molecular complexity index is 793. The number of carbonyl (C=O) groups excluding carboxylic acids is 2. The number of rotatable bonds is 5. The molecule has 138 valence electrons. The van der Waals surface area contributed by atoms with Crippen molar-refractivity contribution in [3.05, 3.63) is 41.5 Å². The highest BCUT2D eigenvalue weighted by molar-refractivity contribution is 5.96. The molecular formula is C19H24N4O3. The van der Waals surface area contributed by atoms with E-state index in [4.69, 9.17) is 4.74 Å². The maximum Gasteiger partial charge on any atom is 0.244 e. The van der Waals surface area contributed by atoms with Crippen molar-refractivity contribution in [2.45, 2.75) is 46.3 Å². The molecule has 2 aromatic rings. The summed E-state index contributed by atoms with van der Waals surface area (Å²) in [4.78, 5) is 30.2. The van der Waals surface area contributed by atoms with Crippen LogP contribution in [0, 0.1) is 13.8 Å². The molecule has 0 atom stereocenters. The summed E-state index contributed by atoms with van der Waals surface area (Å²) >= 11 is 0. The minimum absolute atomic E-state index is 0.0190. The lowest BCUT2D eigenvalue weighted by Crippen LogP contribution is -2.43. The van der Waals surface area contributed by atoms with Crippen molar-refractivity contribution in [3.8, 4) is 5.75 Å². The number of hydrogen-bond donors (Lipinski definition) is 0. The number of nitrogens with zero attached hydrogens (tertiary/aromatic N) is 4. The maximum absolute atomic E-state index is 12.6. The molecule has 0 unspecified atom stereocenters. The second-order valence-electron chi connectivity index (χ2n) is 6.65. The summed E-state index contributed by atoms with van der Waals surface area (Å²) in [5.41, 5.74) is 2.03. The van der Waals surface area contributed by atoms with Gasteiger partial charge in [0.2, 0.25) is 5.91 Å². The number of aromatic nitrogens is 3. The number of piperidine rings is 1. The van der Waals surface area contributed by atoms with Crippen LogP contribution in [0.2, 0.25) is 0 Å². The Kier molecular flexibility index (Phi) is 5.35. The summed E-state index contributed by atoms with van der Waals surface area (Å²) in [6.45, 7) is 6.62. The largest absolute Gasteiger partial charge is 0.489 e. The van der Waals surface area contributed by atoms with Crippen LogP contribution in [0.4, 0.5) is 0 Å². The van der Waals surface area contributed by atoms with Crippen molar-refractivity contribution >= 4 is 11.7 Å². The van der Waals surface area contributed by atoms with Crippen LogP contribution in [-0.2, 0) is 11.3 Å². The van der Waals surface area contributed by atoms with Gasteiger partial charge in [0, 0.05) is 37.8 Å². The monoisotopic (exact) mass is 356 g/mol. The van der Waals surface area contributed by atoms with E-state index in [1.54, 1.807) is 24.0 Å². The van der Waals surface area contributed by atoms with Gasteiger partial charge in [-0.2, -0.15) is 5.10 Å². The molecule has 1 fully saturated rings. The number of carbonyl (C=O) groups is 2. The zero-order valence-electron chi connectivity index (χ0n) is 15.4. The van der Waals surface area contributed by atoms with Gasteiger partial charge in [-0.1, -0.05) is 0 Å². The van der Waals surface area contributed by atoms with Gasteiger partial charge in [0.1, 0.15) is 18.4 Å². The van der Waals surface area contributed by atoms with Crippen LogP contribution in [0.1, 0.15) is 41.5 Å². The molecule has 7 heteroatoms. The summed E-state index contributed by atoms with van der Waals surface area (Å²) in [6, 6.07) is 3.73. The smallest absolute Gasteiger partial charge is 0.244 e. The molecule has 2 aromatic heterocycles. The summed E-state index contributed by atoms with van der Waals surface area (Å²) < 4.78 is 7.54. The number of likely N-dealkylation sites (tertiary alicyclic amines) is 1. The molecule has 0 aromatic carbocycles. The predicted molar refractivity (Wildman–Crippen MR) is 96.2 cm³/mol. The van der Waals surface area contributed by atoms with E-state index >= 15 is 0 Å². The number of Topliss-reactive ketones (excluding diaryl/α,β-unsaturated/α-hetero) is 1. The minimum atomic E-state index is -0.0212. The SMILES string of the molecule is CC(=O)c1c(C)nn(CC(=O)N2CCC(Oc3cccnc3)CC2)c1C. The highest BCUT2D eigenvalue weighted by Gasteiger charge is 2.25. The normalized spacial score (nSPS) is 15.1. The molecule has 26 heavy (non-hydrogen) atoms. The summed E-state index contributed by atoms with van der Waals surface area (Å²) in [5, 5.41) is 4.35. The molecule has 1 aliphatic rings. The lowest BCUT2D eigenvalue weighted by Gasteiger charge is -2.32. The van der Waals surface area contributed by atoms with E-state index in [2.05, 4.69) is 10.1 Å². The fraction of sp³-hybridized carbons (Fsp3) is 0.474. The maximum atomic E-state index is 12.6. The lowest BCUT2D eigenvalue weighted by atomic mass is 10.1. The van der Waals surface area contributed by atoms with Gasteiger partial charge in [0.25, 0.3) is 0 Å². The number of pyridine rings is 1. The molecule has 1 saturated heterocycles. The Labute approximate surface area is 153 Å². The van der Waals surface area contributed by atoms with Gasteiger partial charge in [-0.3, -0.25) is 19.3 Å². The van der Waals surface area contributed by atoms with E-state index in [1.807, 2.05) is 24.0 Å². The third-order valence-corrected chi connectivity index (χ3v) is 4.75. The van der Waals surface area contributed by atoms with Crippen molar-refractivity contribution in [2.24, 2.45) is 0 Å². The Morgan fingerprint density at radius 3 is 2.58 bits per heavy atom. The van der Waals surface area contributed by atoms with Crippen LogP contribution < -0.4 is 4.74 Å². The van der Waals surface area contributed by atoms with E-state index in [9.17, 15) is 9.59 Å². The summed E-state index contributed by atoms with van der Waals surface area (Å²) in [7, 11) is 0. The molecule has 0 spiro atoms. The first kappa shape index (κ1) is 18.1. The number of aryl methyl sites for hydroxylation is 1. The van der Waals surface area contributed by atoms with Gasteiger partial charge in [0.15, 0.2) is 5.78 Å². The first-order valence-electron chi connectivity index (χ1n) is 8.85. The quantitative estimate of drug-likeness (QED) is 0.767. The average Bonchev–Trinajstić information content (AvgIpc) is 2.90. The summed E-state index contributed by atoms with van der Waals surface area (Å²) in [6.07, 6.45) is 5.09.